The van der Waals surface area contributed by atoms with Crippen LogP contribution in [0.25, 0.3) is 0 Å². The minimum Gasteiger partial charge on any atom is -0.455 e. The van der Waals surface area contributed by atoms with E-state index in [4.69, 9.17) is 14.4 Å². The summed E-state index contributed by atoms with van der Waals surface area (Å²) in [7, 11) is 2.07. The molecule has 37 heavy (non-hydrogen) atoms. The third-order valence-electron chi connectivity index (χ3n) is 6.91. The van der Waals surface area contributed by atoms with Crippen molar-refractivity contribution in [1.29, 1.82) is 0 Å². The Kier molecular flexibility index (Phi) is 7.95. The first-order valence-corrected chi connectivity index (χ1v) is 13.8. The summed E-state index contributed by atoms with van der Waals surface area (Å²) in [6, 6.07) is 12.6. The number of anilines is 2. The molecule has 5 rings (SSSR count). The predicted octanol–water partition coefficient (Wildman–Crippen LogP) is 3.78. The van der Waals surface area contributed by atoms with E-state index in [2.05, 4.69) is 28.7 Å². The second-order valence-corrected chi connectivity index (χ2v) is 10.4. The van der Waals surface area contributed by atoms with Gasteiger partial charge in [0.15, 0.2) is 10.9 Å². The van der Waals surface area contributed by atoms with Crippen LogP contribution in [0, 0.1) is 5.82 Å². The lowest BCUT2D eigenvalue weighted by molar-refractivity contribution is 0.0631. The molecule has 2 aromatic heterocycles. The van der Waals surface area contributed by atoms with Gasteiger partial charge >= 0.3 is 0 Å². The predicted molar refractivity (Wildman–Crippen MR) is 144 cm³/mol. The van der Waals surface area contributed by atoms with E-state index < -0.39 is 0 Å². The Morgan fingerprint density at radius 1 is 0.973 bits per heavy atom. The number of thioether (sulfide) groups is 1. The molecule has 3 aromatic rings. The molecule has 0 N–H and O–H groups in total. The van der Waals surface area contributed by atoms with E-state index in [-0.39, 0.29) is 11.7 Å². The molecule has 0 unspecified atom stereocenters. The van der Waals surface area contributed by atoms with Gasteiger partial charge in [-0.05, 0) is 37.7 Å². The van der Waals surface area contributed by atoms with Gasteiger partial charge in [0, 0.05) is 64.1 Å². The monoisotopic (exact) mass is 524 g/mol. The molecule has 1 amide bonds. The van der Waals surface area contributed by atoms with E-state index in [1.807, 2.05) is 29.2 Å². The standard InChI is InChI=1S/C27H33FN6O2S/c1-3-20-18-25(33-16-14-32(15-17-33)23-7-5-4-6-22(23)28)30-27(29-20)37-19-21-8-9-24(36-21)26(35)34-12-10-31(2)11-13-34/h4-9,18H,3,10-17,19H2,1-2H3. The number of aromatic nitrogens is 2. The minimum atomic E-state index is -0.184. The van der Waals surface area contributed by atoms with Crippen molar-refractivity contribution >= 4 is 29.2 Å². The Bertz CT molecular complexity index is 1220. The van der Waals surface area contributed by atoms with Crippen LogP contribution in [0.15, 0.2) is 52.0 Å². The number of halogens is 1. The number of furan rings is 1. The second kappa shape index (κ2) is 11.5. The number of amides is 1. The van der Waals surface area contributed by atoms with Crippen molar-refractivity contribution < 1.29 is 13.6 Å². The number of aryl methyl sites for hydroxylation is 1. The molecule has 2 fully saturated rings. The summed E-state index contributed by atoms with van der Waals surface area (Å²) in [5.41, 5.74) is 1.63. The maximum absolute atomic E-state index is 14.2. The number of benzene rings is 1. The van der Waals surface area contributed by atoms with Crippen molar-refractivity contribution in [3.8, 4) is 0 Å². The van der Waals surface area contributed by atoms with Crippen LogP contribution >= 0.6 is 11.8 Å². The minimum absolute atomic E-state index is 0.0506. The number of hydrogen-bond acceptors (Lipinski definition) is 8. The van der Waals surface area contributed by atoms with Gasteiger partial charge in [0.05, 0.1) is 11.4 Å². The van der Waals surface area contributed by atoms with E-state index >= 15 is 0 Å². The second-order valence-electron chi connectivity index (χ2n) is 9.43. The summed E-state index contributed by atoms with van der Waals surface area (Å²) in [5, 5.41) is 0.689. The van der Waals surface area contributed by atoms with E-state index in [0.717, 1.165) is 76.1 Å². The third-order valence-corrected chi connectivity index (χ3v) is 7.78. The van der Waals surface area contributed by atoms with Gasteiger partial charge in [0.25, 0.3) is 5.91 Å². The molecule has 4 heterocycles. The quantitative estimate of drug-likeness (QED) is 0.342. The Morgan fingerprint density at radius 3 is 2.43 bits per heavy atom. The molecule has 0 spiro atoms. The van der Waals surface area contributed by atoms with Crippen molar-refractivity contribution in [3.05, 3.63) is 65.5 Å². The number of likely N-dealkylation sites (N-methyl/N-ethyl adjacent to an activating group) is 1. The molecule has 2 aliphatic heterocycles. The fraction of sp³-hybridized carbons (Fsp3) is 0.444. The van der Waals surface area contributed by atoms with Gasteiger partial charge in [0.2, 0.25) is 0 Å². The van der Waals surface area contributed by atoms with Crippen LogP contribution in [-0.2, 0) is 12.2 Å². The molecular weight excluding hydrogens is 491 g/mol. The lowest BCUT2D eigenvalue weighted by Gasteiger charge is -2.37. The summed E-state index contributed by atoms with van der Waals surface area (Å²) in [6.07, 6.45) is 0.808. The van der Waals surface area contributed by atoms with Crippen LogP contribution in [0.1, 0.15) is 28.9 Å². The Hall–Kier alpha value is -3.11. The average Bonchev–Trinajstić information content (AvgIpc) is 3.41. The number of nitrogens with zero attached hydrogens (tertiary/aromatic N) is 6. The van der Waals surface area contributed by atoms with Gasteiger partial charge in [-0.3, -0.25) is 4.79 Å². The maximum Gasteiger partial charge on any atom is 0.289 e. The number of piperazine rings is 2. The van der Waals surface area contributed by atoms with Crippen molar-refractivity contribution in [3.63, 3.8) is 0 Å². The van der Waals surface area contributed by atoms with E-state index in [0.29, 0.717) is 22.4 Å². The molecule has 0 bridgehead atoms. The first-order chi connectivity index (χ1) is 18.0. The highest BCUT2D eigenvalue weighted by Gasteiger charge is 2.24. The van der Waals surface area contributed by atoms with Crippen LogP contribution < -0.4 is 9.80 Å². The summed E-state index contributed by atoms with van der Waals surface area (Å²) < 4.78 is 20.1. The maximum atomic E-state index is 14.2. The highest BCUT2D eigenvalue weighted by Crippen LogP contribution is 2.26. The van der Waals surface area contributed by atoms with Crippen molar-refractivity contribution in [1.82, 2.24) is 19.8 Å². The van der Waals surface area contributed by atoms with E-state index in [9.17, 15) is 9.18 Å². The smallest absolute Gasteiger partial charge is 0.289 e. The van der Waals surface area contributed by atoms with Crippen LogP contribution in [0.3, 0.4) is 0 Å². The molecule has 2 aliphatic rings. The van der Waals surface area contributed by atoms with Crippen LogP contribution in [-0.4, -0.2) is 85.1 Å². The number of rotatable bonds is 7. The summed E-state index contributed by atoms with van der Waals surface area (Å²) in [5.74, 6) is 2.32. The lowest BCUT2D eigenvalue weighted by atomic mass is 10.2. The fourth-order valence-electron chi connectivity index (χ4n) is 4.62. The summed E-state index contributed by atoms with van der Waals surface area (Å²) >= 11 is 1.51. The normalized spacial score (nSPS) is 16.9. The first kappa shape index (κ1) is 25.5. The Labute approximate surface area is 221 Å². The molecule has 8 nitrogen and oxygen atoms in total. The highest BCUT2D eigenvalue weighted by molar-refractivity contribution is 7.98. The molecule has 10 heteroatoms. The third kappa shape index (κ3) is 6.07. The number of hydrogen-bond donors (Lipinski definition) is 0. The number of carbonyl (C=O) groups excluding carboxylic acids is 1. The van der Waals surface area contributed by atoms with Crippen molar-refractivity contribution in [2.75, 3.05) is 69.2 Å². The van der Waals surface area contributed by atoms with Crippen molar-refractivity contribution in [2.24, 2.45) is 0 Å². The van der Waals surface area contributed by atoms with Crippen molar-refractivity contribution in [2.45, 2.75) is 24.3 Å². The topological polar surface area (TPSA) is 69.0 Å². The molecular formula is C27H33FN6O2S. The van der Waals surface area contributed by atoms with Crippen LogP contribution in [0.5, 0.6) is 0 Å². The van der Waals surface area contributed by atoms with Gasteiger partial charge in [0.1, 0.15) is 17.4 Å². The van der Waals surface area contributed by atoms with E-state index in [1.54, 1.807) is 12.1 Å². The van der Waals surface area contributed by atoms with Crippen LogP contribution in [0.2, 0.25) is 0 Å². The molecule has 0 aliphatic carbocycles. The molecule has 2 saturated heterocycles. The lowest BCUT2D eigenvalue weighted by Crippen LogP contribution is -2.47. The number of para-hydroxylation sites is 1. The highest BCUT2D eigenvalue weighted by atomic mass is 32.2. The van der Waals surface area contributed by atoms with Gasteiger partial charge < -0.3 is 24.0 Å². The SMILES string of the molecule is CCc1cc(N2CCN(c3ccccc3F)CC2)nc(SCc2ccc(C(=O)N3CCN(C)CC3)o2)n1. The van der Waals surface area contributed by atoms with Crippen LogP contribution in [0.4, 0.5) is 15.9 Å². The summed E-state index contributed by atoms with van der Waals surface area (Å²) in [4.78, 5) is 30.7. The molecule has 0 atom stereocenters. The van der Waals surface area contributed by atoms with Gasteiger partial charge in [-0.25, -0.2) is 14.4 Å². The molecule has 0 radical (unpaired) electrons. The average molecular weight is 525 g/mol. The zero-order chi connectivity index (χ0) is 25.8. The Balaban J connectivity index is 1.21. The zero-order valence-corrected chi connectivity index (χ0v) is 22.2. The summed E-state index contributed by atoms with van der Waals surface area (Å²) in [6.45, 7) is 8.24. The zero-order valence-electron chi connectivity index (χ0n) is 21.4. The Morgan fingerprint density at radius 2 is 1.70 bits per heavy atom. The van der Waals surface area contributed by atoms with Gasteiger partial charge in [-0.2, -0.15) is 0 Å². The first-order valence-electron chi connectivity index (χ1n) is 12.8. The van der Waals surface area contributed by atoms with Gasteiger partial charge in [-0.1, -0.05) is 30.8 Å². The number of carbonyl (C=O) groups is 1. The largest absolute Gasteiger partial charge is 0.455 e. The fourth-order valence-corrected chi connectivity index (χ4v) is 5.39. The van der Waals surface area contributed by atoms with Gasteiger partial charge in [-0.15, -0.1) is 0 Å². The molecule has 0 saturated carbocycles. The molecule has 196 valence electrons. The molecule has 1 aromatic carbocycles. The van der Waals surface area contributed by atoms with E-state index in [1.165, 1.54) is 17.8 Å².